The van der Waals surface area contributed by atoms with Crippen LogP contribution in [0.25, 0.3) is 0 Å². The van der Waals surface area contributed by atoms with Crippen LogP contribution in [0.4, 0.5) is 0 Å². The fraction of sp³-hybridized carbons (Fsp3) is 0.0909. The Morgan fingerprint density at radius 2 is 2.28 bits per heavy atom. The summed E-state index contributed by atoms with van der Waals surface area (Å²) in [5.41, 5.74) is 0.535. The van der Waals surface area contributed by atoms with Gasteiger partial charge in [-0.25, -0.2) is 0 Å². The summed E-state index contributed by atoms with van der Waals surface area (Å²) in [6, 6.07) is 6.43. The van der Waals surface area contributed by atoms with E-state index in [4.69, 9.17) is 31.5 Å². The van der Waals surface area contributed by atoms with E-state index in [1.54, 1.807) is 24.5 Å². The Morgan fingerprint density at radius 1 is 1.44 bits per heavy atom. The lowest BCUT2D eigenvalue weighted by Gasteiger charge is -2.08. The molecule has 92 valence electrons. The summed E-state index contributed by atoms with van der Waals surface area (Å²) in [5.74, 6) is 0.564. The van der Waals surface area contributed by atoms with Crippen molar-refractivity contribution in [1.29, 1.82) is 5.26 Å². The van der Waals surface area contributed by atoms with Gasteiger partial charge in [0.2, 0.25) is 5.88 Å². The summed E-state index contributed by atoms with van der Waals surface area (Å²) in [6.45, 7) is 0.0771. The lowest BCUT2D eigenvalue weighted by molar-refractivity contribution is 0.141. The van der Waals surface area contributed by atoms with Crippen LogP contribution in [0, 0.1) is 11.5 Å². The minimum atomic E-state index is 0.0771. The molecule has 2 aromatic rings. The van der Waals surface area contributed by atoms with Crippen LogP contribution in [0.3, 0.4) is 0 Å². The van der Waals surface area contributed by atoms with Crippen LogP contribution < -0.4 is 9.47 Å². The van der Waals surface area contributed by atoms with E-state index < -0.39 is 0 Å². The van der Waals surface area contributed by atoms with E-state index in [2.05, 4.69) is 5.10 Å². The highest BCUT2D eigenvalue weighted by Crippen LogP contribution is 2.27. The quantitative estimate of drug-likeness (QED) is 0.677. The van der Waals surface area contributed by atoms with Crippen molar-refractivity contribution in [3.05, 3.63) is 41.0 Å². The third-order valence-electron chi connectivity index (χ3n) is 2.15. The van der Waals surface area contributed by atoms with E-state index in [0.29, 0.717) is 21.2 Å². The fourth-order valence-corrected chi connectivity index (χ4v) is 1.57. The monoisotopic (exact) mass is 265 g/mol. The third-order valence-corrected chi connectivity index (χ3v) is 2.50. The average molecular weight is 266 g/mol. The van der Waals surface area contributed by atoms with Crippen LogP contribution in [-0.4, -0.2) is 15.2 Å². The van der Waals surface area contributed by atoms with Gasteiger partial charge in [-0.1, -0.05) is 22.8 Å². The molecule has 0 spiro atoms. The predicted molar refractivity (Wildman–Crippen MR) is 61.4 cm³/mol. The molecule has 1 aromatic heterocycles. The Bertz CT molecular complexity index is 591. The molecule has 0 amide bonds. The summed E-state index contributed by atoms with van der Waals surface area (Å²) in [7, 11) is 0. The van der Waals surface area contributed by atoms with E-state index >= 15 is 0 Å². The van der Waals surface area contributed by atoms with Crippen molar-refractivity contribution in [1.82, 2.24) is 9.94 Å². The number of rotatable bonds is 4. The molecule has 0 saturated heterocycles. The van der Waals surface area contributed by atoms with Gasteiger partial charge in [-0.2, -0.15) is 0 Å². The van der Waals surface area contributed by atoms with E-state index in [9.17, 15) is 0 Å². The van der Waals surface area contributed by atoms with Crippen LogP contribution >= 0.6 is 11.6 Å². The topological polar surface area (TPSA) is 80.3 Å². The molecule has 0 unspecified atom stereocenters. The Balaban J connectivity index is 2.15. The van der Waals surface area contributed by atoms with E-state index in [-0.39, 0.29) is 12.5 Å². The van der Waals surface area contributed by atoms with E-state index in [1.165, 1.54) is 12.3 Å². The summed E-state index contributed by atoms with van der Waals surface area (Å²) < 4.78 is 10.1. The van der Waals surface area contributed by atoms with Gasteiger partial charge in [-0.05, 0) is 12.1 Å². The van der Waals surface area contributed by atoms with Crippen LogP contribution in [-0.2, 0) is 6.61 Å². The maximum absolute atomic E-state index is 8.98. The average Bonchev–Trinajstić information content (AvgIpc) is 2.75. The minimum absolute atomic E-state index is 0.0771. The zero-order chi connectivity index (χ0) is 13.0. The number of hydrogen-bond acceptors (Lipinski definition) is 5. The molecule has 0 bridgehead atoms. The van der Waals surface area contributed by atoms with Crippen molar-refractivity contribution >= 4 is 11.6 Å². The molecule has 1 aromatic carbocycles. The first kappa shape index (κ1) is 12.1. The van der Waals surface area contributed by atoms with E-state index in [0.717, 1.165) is 0 Å². The zero-order valence-corrected chi connectivity index (χ0v) is 9.83. The molecule has 1 N–H and O–H groups in total. The highest BCUT2D eigenvalue weighted by atomic mass is 35.5. The van der Waals surface area contributed by atoms with Gasteiger partial charge in [0.05, 0.1) is 16.8 Å². The zero-order valence-electron chi connectivity index (χ0n) is 9.08. The number of aromatic nitrogens is 2. The second-order valence-electron chi connectivity index (χ2n) is 3.27. The van der Waals surface area contributed by atoms with Gasteiger partial charge in [0, 0.05) is 6.07 Å². The Labute approximate surface area is 107 Å². The Morgan fingerprint density at radius 3 is 2.94 bits per heavy atom. The first-order valence-corrected chi connectivity index (χ1v) is 5.29. The highest BCUT2D eigenvalue weighted by Gasteiger charge is 2.10. The molecule has 0 aliphatic rings. The van der Waals surface area contributed by atoms with Crippen LogP contribution in [0.2, 0.25) is 5.02 Å². The van der Waals surface area contributed by atoms with Gasteiger partial charge < -0.3 is 14.7 Å². The number of nitriles is 1. The van der Waals surface area contributed by atoms with Crippen molar-refractivity contribution in [2.45, 2.75) is 6.61 Å². The van der Waals surface area contributed by atoms with Gasteiger partial charge in [0.15, 0.2) is 0 Å². The molecule has 0 aliphatic carbocycles. The van der Waals surface area contributed by atoms with Gasteiger partial charge in [0.25, 0.3) is 6.26 Å². The number of nitrogens with zero attached hydrogens (tertiary/aromatic N) is 3. The molecule has 0 atom stereocenters. The largest absolute Gasteiger partial charge is 0.471 e. The molecule has 0 radical (unpaired) electrons. The second kappa shape index (κ2) is 5.29. The lowest BCUT2D eigenvalue weighted by Crippen LogP contribution is -2.00. The van der Waals surface area contributed by atoms with Crippen molar-refractivity contribution in [3.8, 4) is 17.9 Å². The summed E-state index contributed by atoms with van der Waals surface area (Å²) in [4.78, 5) is 0.634. The van der Waals surface area contributed by atoms with Crippen molar-refractivity contribution in [3.63, 3.8) is 0 Å². The maximum atomic E-state index is 8.98. The molecule has 0 aliphatic heterocycles. The van der Waals surface area contributed by atoms with Gasteiger partial charge in [-0.3, -0.25) is 0 Å². The fourth-order valence-electron chi connectivity index (χ4n) is 1.34. The maximum Gasteiger partial charge on any atom is 0.292 e. The third kappa shape index (κ3) is 2.64. The molecule has 0 fully saturated rings. The number of ether oxygens (including phenoxy) is 2. The first-order valence-electron chi connectivity index (χ1n) is 4.92. The van der Waals surface area contributed by atoms with Crippen molar-refractivity contribution in [2.75, 3.05) is 0 Å². The second-order valence-corrected chi connectivity index (χ2v) is 3.68. The molecule has 7 heteroatoms. The molecule has 1 heterocycles. The SMILES string of the molecule is N#COc1cccc(Cl)c1COc1ccn(O)n1. The minimum Gasteiger partial charge on any atom is -0.471 e. The summed E-state index contributed by atoms with van der Waals surface area (Å²) >= 11 is 5.99. The van der Waals surface area contributed by atoms with Crippen LogP contribution in [0.5, 0.6) is 11.6 Å². The normalized spacial score (nSPS) is 9.78. The summed E-state index contributed by atoms with van der Waals surface area (Å²) in [6.07, 6.45) is 2.91. The number of benzene rings is 1. The van der Waals surface area contributed by atoms with E-state index in [1.807, 2.05) is 0 Å². The van der Waals surface area contributed by atoms with Gasteiger partial charge in [-0.15, -0.1) is 10.1 Å². The van der Waals surface area contributed by atoms with Crippen LogP contribution in [0.1, 0.15) is 5.56 Å². The molecule has 2 rings (SSSR count). The van der Waals surface area contributed by atoms with Crippen molar-refractivity contribution < 1.29 is 14.7 Å². The Kier molecular flexibility index (Phi) is 3.55. The molecule has 0 saturated carbocycles. The van der Waals surface area contributed by atoms with Crippen molar-refractivity contribution in [2.24, 2.45) is 0 Å². The number of halogens is 1. The molecule has 18 heavy (non-hydrogen) atoms. The molecular weight excluding hydrogens is 258 g/mol. The smallest absolute Gasteiger partial charge is 0.292 e. The summed E-state index contributed by atoms with van der Waals surface area (Å²) in [5, 5.41) is 21.5. The predicted octanol–water partition coefficient (Wildman–Crippen LogP) is 2.21. The standard InChI is InChI=1S/C11H8ClN3O3/c12-9-2-1-3-10(18-7-13)8(9)6-17-11-4-5-15(16)14-11/h1-5,16H,6H2. The number of hydrogen-bond donors (Lipinski definition) is 1. The first-order chi connectivity index (χ1) is 8.70. The van der Waals surface area contributed by atoms with Gasteiger partial charge in [0.1, 0.15) is 12.4 Å². The lowest BCUT2D eigenvalue weighted by atomic mass is 10.2. The molecular formula is C11H8ClN3O3. The van der Waals surface area contributed by atoms with Gasteiger partial charge >= 0.3 is 0 Å². The molecule has 6 nitrogen and oxygen atoms in total. The highest BCUT2D eigenvalue weighted by molar-refractivity contribution is 6.31. The van der Waals surface area contributed by atoms with Crippen LogP contribution in [0.15, 0.2) is 30.5 Å². The Hall–Kier alpha value is -2.39.